The summed E-state index contributed by atoms with van der Waals surface area (Å²) in [5.74, 6) is 0.253. The summed E-state index contributed by atoms with van der Waals surface area (Å²) in [7, 11) is 0. The largest absolute Gasteiger partial charge is 0.396 e. The third kappa shape index (κ3) is 3.20. The van der Waals surface area contributed by atoms with Crippen LogP contribution in [0.25, 0.3) is 0 Å². The van der Waals surface area contributed by atoms with Gasteiger partial charge in [0.25, 0.3) is 0 Å². The van der Waals surface area contributed by atoms with E-state index >= 15 is 0 Å². The van der Waals surface area contributed by atoms with Crippen molar-refractivity contribution < 1.29 is 9.90 Å². The van der Waals surface area contributed by atoms with Crippen molar-refractivity contribution in [1.29, 1.82) is 0 Å². The fourth-order valence-corrected chi connectivity index (χ4v) is 2.16. The molecular weight excluding hydrogens is 190 g/mol. The van der Waals surface area contributed by atoms with Crippen molar-refractivity contribution in [2.75, 3.05) is 13.2 Å². The number of aliphatic hydroxyl groups excluding tert-OH is 1. The van der Waals surface area contributed by atoms with Crippen molar-refractivity contribution in [2.45, 2.75) is 52.5 Å². The maximum absolute atomic E-state index is 12.1. The van der Waals surface area contributed by atoms with Gasteiger partial charge >= 0.3 is 0 Å². The maximum atomic E-state index is 12.1. The van der Waals surface area contributed by atoms with Gasteiger partial charge in [-0.1, -0.05) is 20.8 Å². The molecule has 1 aliphatic heterocycles. The average molecular weight is 213 g/mol. The van der Waals surface area contributed by atoms with Crippen molar-refractivity contribution in [1.82, 2.24) is 4.90 Å². The number of carbonyl (C=O) groups is 1. The number of hydrogen-bond acceptors (Lipinski definition) is 2. The number of nitrogens with zero attached hydrogens (tertiary/aromatic N) is 1. The van der Waals surface area contributed by atoms with E-state index in [0.29, 0.717) is 6.04 Å². The maximum Gasteiger partial charge on any atom is 0.228 e. The van der Waals surface area contributed by atoms with Crippen LogP contribution in [0.2, 0.25) is 0 Å². The van der Waals surface area contributed by atoms with E-state index in [9.17, 15) is 4.79 Å². The summed E-state index contributed by atoms with van der Waals surface area (Å²) in [5, 5.41) is 8.81. The van der Waals surface area contributed by atoms with Crippen molar-refractivity contribution >= 4 is 5.91 Å². The molecule has 0 saturated carbocycles. The lowest BCUT2D eigenvalue weighted by Gasteiger charge is -2.30. The summed E-state index contributed by atoms with van der Waals surface area (Å²) in [5.41, 5.74) is -0.276. The molecule has 1 aliphatic rings. The minimum atomic E-state index is -0.276. The van der Waals surface area contributed by atoms with Gasteiger partial charge < -0.3 is 10.0 Å². The predicted molar refractivity (Wildman–Crippen MR) is 60.5 cm³/mol. The molecule has 1 N–H and O–H groups in total. The predicted octanol–water partition coefficient (Wildman–Crippen LogP) is 1.80. The average Bonchev–Trinajstić information content (AvgIpc) is 2.59. The minimum absolute atomic E-state index is 0.230. The molecule has 3 nitrogen and oxygen atoms in total. The Kier molecular flexibility index (Phi) is 4.14. The molecule has 0 radical (unpaired) electrons. The van der Waals surface area contributed by atoms with E-state index in [0.717, 1.165) is 32.2 Å². The Bertz CT molecular complexity index is 220. The number of carbonyl (C=O) groups excluding carboxylic acids is 1. The van der Waals surface area contributed by atoms with Gasteiger partial charge in [0.05, 0.1) is 0 Å². The molecule has 88 valence electrons. The van der Waals surface area contributed by atoms with E-state index in [1.807, 2.05) is 25.7 Å². The van der Waals surface area contributed by atoms with E-state index in [4.69, 9.17) is 5.11 Å². The smallest absolute Gasteiger partial charge is 0.228 e. The normalized spacial score (nSPS) is 22.1. The number of aliphatic hydroxyl groups is 1. The first-order valence-electron chi connectivity index (χ1n) is 5.88. The lowest BCUT2D eigenvalue weighted by atomic mass is 9.94. The van der Waals surface area contributed by atoms with E-state index in [1.54, 1.807) is 0 Å². The second kappa shape index (κ2) is 4.97. The molecule has 1 fully saturated rings. The van der Waals surface area contributed by atoms with Gasteiger partial charge in [0, 0.05) is 24.6 Å². The molecule has 1 heterocycles. The van der Waals surface area contributed by atoms with Crippen LogP contribution < -0.4 is 0 Å². The molecule has 0 aromatic rings. The molecule has 15 heavy (non-hydrogen) atoms. The highest BCUT2D eigenvalue weighted by Gasteiger charge is 2.34. The summed E-state index contributed by atoms with van der Waals surface area (Å²) in [6.45, 7) is 7.03. The quantitative estimate of drug-likeness (QED) is 0.776. The van der Waals surface area contributed by atoms with E-state index in [1.165, 1.54) is 0 Å². The fourth-order valence-electron chi connectivity index (χ4n) is 2.16. The van der Waals surface area contributed by atoms with Gasteiger partial charge in [-0.2, -0.15) is 0 Å². The number of amides is 1. The Labute approximate surface area is 92.5 Å². The van der Waals surface area contributed by atoms with Crippen molar-refractivity contribution in [3.63, 3.8) is 0 Å². The lowest BCUT2D eigenvalue weighted by Crippen LogP contribution is -2.42. The van der Waals surface area contributed by atoms with Crippen molar-refractivity contribution in [3.8, 4) is 0 Å². The van der Waals surface area contributed by atoms with E-state index < -0.39 is 0 Å². The van der Waals surface area contributed by atoms with Crippen molar-refractivity contribution in [2.24, 2.45) is 5.41 Å². The first-order chi connectivity index (χ1) is 6.96. The highest BCUT2D eigenvalue weighted by atomic mass is 16.3. The number of rotatable bonds is 3. The summed E-state index contributed by atoms with van der Waals surface area (Å²) in [6, 6.07) is 0.365. The highest BCUT2D eigenvalue weighted by Crippen LogP contribution is 2.27. The van der Waals surface area contributed by atoms with Crippen molar-refractivity contribution in [3.05, 3.63) is 0 Å². The fraction of sp³-hybridized carbons (Fsp3) is 0.917. The Morgan fingerprint density at radius 1 is 1.47 bits per heavy atom. The first kappa shape index (κ1) is 12.5. The molecule has 3 heteroatoms. The third-order valence-corrected chi connectivity index (χ3v) is 2.98. The van der Waals surface area contributed by atoms with Gasteiger partial charge in [0.1, 0.15) is 0 Å². The van der Waals surface area contributed by atoms with Gasteiger partial charge in [-0.25, -0.2) is 0 Å². The Hall–Kier alpha value is -0.570. The van der Waals surface area contributed by atoms with Crippen LogP contribution in [0.1, 0.15) is 46.5 Å². The molecule has 0 aromatic carbocycles. The van der Waals surface area contributed by atoms with E-state index in [-0.39, 0.29) is 17.9 Å². The van der Waals surface area contributed by atoms with Crippen LogP contribution in [0.15, 0.2) is 0 Å². The second-order valence-electron chi connectivity index (χ2n) is 5.41. The molecule has 0 aliphatic carbocycles. The standard InChI is InChI=1S/C12H23NO2/c1-12(2,3)11(15)13-8-4-6-10(13)7-5-9-14/h10,14H,4-9H2,1-3H3. The summed E-state index contributed by atoms with van der Waals surface area (Å²) < 4.78 is 0. The molecule has 1 atom stereocenters. The molecule has 0 bridgehead atoms. The van der Waals surface area contributed by atoms with Crippen LogP contribution in [-0.2, 0) is 4.79 Å². The molecule has 0 aromatic heterocycles. The Morgan fingerprint density at radius 2 is 2.13 bits per heavy atom. The molecular formula is C12H23NO2. The zero-order chi connectivity index (χ0) is 11.5. The minimum Gasteiger partial charge on any atom is -0.396 e. The summed E-state index contributed by atoms with van der Waals surface area (Å²) in [4.78, 5) is 14.1. The molecule has 1 unspecified atom stereocenters. The van der Waals surface area contributed by atoms with Crippen LogP contribution in [0.3, 0.4) is 0 Å². The monoisotopic (exact) mass is 213 g/mol. The number of hydrogen-bond donors (Lipinski definition) is 1. The van der Waals surface area contributed by atoms with Gasteiger partial charge in [0.2, 0.25) is 5.91 Å². The topological polar surface area (TPSA) is 40.5 Å². The van der Waals surface area contributed by atoms with Crippen LogP contribution in [0, 0.1) is 5.41 Å². The lowest BCUT2D eigenvalue weighted by molar-refractivity contribution is -0.140. The molecule has 1 amide bonds. The molecule has 1 saturated heterocycles. The Balaban J connectivity index is 2.56. The van der Waals surface area contributed by atoms with Gasteiger partial charge in [-0.05, 0) is 25.7 Å². The van der Waals surface area contributed by atoms with Gasteiger partial charge in [-0.15, -0.1) is 0 Å². The van der Waals surface area contributed by atoms with Crippen LogP contribution >= 0.6 is 0 Å². The zero-order valence-corrected chi connectivity index (χ0v) is 10.1. The first-order valence-corrected chi connectivity index (χ1v) is 5.88. The number of likely N-dealkylation sites (tertiary alicyclic amines) is 1. The summed E-state index contributed by atoms with van der Waals surface area (Å²) >= 11 is 0. The van der Waals surface area contributed by atoms with Crippen LogP contribution in [0.4, 0.5) is 0 Å². The SMILES string of the molecule is CC(C)(C)C(=O)N1CCCC1CCCO. The highest BCUT2D eigenvalue weighted by molar-refractivity contribution is 5.82. The zero-order valence-electron chi connectivity index (χ0n) is 10.1. The van der Waals surface area contributed by atoms with E-state index in [2.05, 4.69) is 0 Å². The van der Waals surface area contributed by atoms with Crippen LogP contribution in [-0.4, -0.2) is 35.1 Å². The third-order valence-electron chi connectivity index (χ3n) is 2.98. The molecule has 0 spiro atoms. The second-order valence-corrected chi connectivity index (χ2v) is 5.41. The Morgan fingerprint density at radius 3 is 2.67 bits per heavy atom. The van der Waals surface area contributed by atoms with Gasteiger partial charge in [-0.3, -0.25) is 4.79 Å². The molecule has 1 rings (SSSR count). The van der Waals surface area contributed by atoms with Crippen LogP contribution in [0.5, 0.6) is 0 Å². The summed E-state index contributed by atoms with van der Waals surface area (Å²) in [6.07, 6.45) is 3.96. The van der Waals surface area contributed by atoms with Gasteiger partial charge in [0.15, 0.2) is 0 Å².